The lowest BCUT2D eigenvalue weighted by Crippen LogP contribution is -2.27. The van der Waals surface area contributed by atoms with Gasteiger partial charge in [-0.15, -0.1) is 0 Å². The van der Waals surface area contributed by atoms with Gasteiger partial charge in [-0.3, -0.25) is 0 Å². The number of aryl methyl sites for hydroxylation is 1. The number of para-hydroxylation sites is 1. The second kappa shape index (κ2) is 5.10. The SMILES string of the molecule is Cc1nn(-c2ccccc2)c2c1P(Br)OC(C(F)(F)F)=N2. The molecule has 1 aliphatic rings. The number of aromatic nitrogens is 2. The first-order valence-electron chi connectivity index (χ1n) is 5.83. The van der Waals surface area contributed by atoms with Gasteiger partial charge in [0.25, 0.3) is 0 Å². The largest absolute Gasteiger partial charge is 0.468 e. The molecule has 0 aliphatic carbocycles. The molecule has 0 saturated heterocycles. The number of benzene rings is 1. The van der Waals surface area contributed by atoms with Crippen molar-refractivity contribution in [3.63, 3.8) is 0 Å². The Bertz CT molecular complexity index is 715. The molecule has 1 aromatic carbocycles. The first-order valence-corrected chi connectivity index (χ1v) is 9.10. The minimum Gasteiger partial charge on any atom is -0.436 e. The summed E-state index contributed by atoms with van der Waals surface area (Å²) in [4.78, 5) is 3.62. The Balaban J connectivity index is 2.21. The highest BCUT2D eigenvalue weighted by Gasteiger charge is 2.44. The molecular formula is C12H8BrF3N3OP. The standard InChI is InChI=1S/C12H8BrF3N3OP/c1-7-9-10(17-11(12(14,15)16)20-21(9)13)19(18-7)8-5-3-2-4-6-8/h2-6H,1H3. The third kappa shape index (κ3) is 2.58. The van der Waals surface area contributed by atoms with Gasteiger partial charge in [0.1, 0.15) is 0 Å². The molecule has 9 heteroatoms. The molecule has 0 spiro atoms. The van der Waals surface area contributed by atoms with Gasteiger partial charge in [0.2, 0.25) is 0 Å². The lowest BCUT2D eigenvalue weighted by atomic mass is 10.3. The fourth-order valence-electron chi connectivity index (χ4n) is 1.92. The van der Waals surface area contributed by atoms with Crippen LogP contribution in [0.1, 0.15) is 5.69 Å². The number of fused-ring (bicyclic) bond motifs is 1. The molecule has 2 heterocycles. The maximum Gasteiger partial charge on any atom is 0.468 e. The van der Waals surface area contributed by atoms with Crippen LogP contribution in [0.2, 0.25) is 0 Å². The van der Waals surface area contributed by atoms with Gasteiger partial charge in [-0.25, -0.2) is 4.68 Å². The fourth-order valence-corrected chi connectivity index (χ4v) is 4.56. The van der Waals surface area contributed by atoms with E-state index in [1.165, 1.54) is 4.68 Å². The van der Waals surface area contributed by atoms with Gasteiger partial charge < -0.3 is 4.52 Å². The summed E-state index contributed by atoms with van der Waals surface area (Å²) in [6.45, 7) is 0.0916. The number of halogens is 4. The van der Waals surface area contributed by atoms with Crippen molar-refractivity contribution < 1.29 is 17.7 Å². The summed E-state index contributed by atoms with van der Waals surface area (Å²) in [6.07, 6.45) is -4.63. The summed E-state index contributed by atoms with van der Waals surface area (Å²) in [6, 6.07) is 8.88. The van der Waals surface area contributed by atoms with Crippen molar-refractivity contribution in [3.05, 3.63) is 36.0 Å². The molecule has 0 bridgehead atoms. The highest BCUT2D eigenvalue weighted by atomic mass is 79.9. The van der Waals surface area contributed by atoms with Crippen LogP contribution in [-0.2, 0) is 4.52 Å². The topological polar surface area (TPSA) is 39.4 Å². The van der Waals surface area contributed by atoms with Crippen LogP contribution < -0.4 is 5.30 Å². The molecular weight excluding hydrogens is 370 g/mol. The van der Waals surface area contributed by atoms with E-state index in [1.807, 2.05) is 6.07 Å². The smallest absolute Gasteiger partial charge is 0.436 e. The Labute approximate surface area is 127 Å². The molecule has 1 aliphatic heterocycles. The van der Waals surface area contributed by atoms with Crippen LogP contribution in [0.3, 0.4) is 0 Å². The average Bonchev–Trinajstić information content (AvgIpc) is 2.76. The number of nitrogens with zero attached hydrogens (tertiary/aromatic N) is 3. The summed E-state index contributed by atoms with van der Waals surface area (Å²) in [7, 11) is 0. The Morgan fingerprint density at radius 3 is 2.52 bits per heavy atom. The lowest BCUT2D eigenvalue weighted by molar-refractivity contribution is -0.0702. The Morgan fingerprint density at radius 1 is 1.24 bits per heavy atom. The van der Waals surface area contributed by atoms with E-state index < -0.39 is 18.9 Å². The molecule has 0 radical (unpaired) electrons. The zero-order chi connectivity index (χ0) is 15.2. The van der Waals surface area contributed by atoms with Gasteiger partial charge in [-0.05, 0) is 34.5 Å². The third-order valence-electron chi connectivity index (χ3n) is 2.80. The molecule has 1 atom stereocenters. The summed E-state index contributed by atoms with van der Waals surface area (Å²) < 4.78 is 44.8. The number of hydrogen-bond acceptors (Lipinski definition) is 3. The monoisotopic (exact) mass is 377 g/mol. The number of alkyl halides is 3. The quantitative estimate of drug-likeness (QED) is 0.700. The van der Waals surface area contributed by atoms with Gasteiger partial charge in [-0.1, -0.05) is 18.2 Å². The van der Waals surface area contributed by atoms with Crippen LogP contribution in [0, 0.1) is 6.92 Å². The molecule has 0 saturated carbocycles. The number of rotatable bonds is 1. The molecule has 4 nitrogen and oxygen atoms in total. The van der Waals surface area contributed by atoms with Crippen LogP contribution in [0.15, 0.2) is 35.3 Å². The van der Waals surface area contributed by atoms with Crippen molar-refractivity contribution in [1.29, 1.82) is 0 Å². The van der Waals surface area contributed by atoms with Crippen molar-refractivity contribution in [2.75, 3.05) is 0 Å². The van der Waals surface area contributed by atoms with E-state index in [0.29, 0.717) is 16.7 Å². The van der Waals surface area contributed by atoms with E-state index in [0.717, 1.165) is 0 Å². The normalized spacial score (nSPS) is 18.0. The highest BCUT2D eigenvalue weighted by Crippen LogP contribution is 2.52. The van der Waals surface area contributed by atoms with Crippen LogP contribution in [0.4, 0.5) is 19.0 Å². The van der Waals surface area contributed by atoms with E-state index in [2.05, 4.69) is 25.6 Å². The predicted molar refractivity (Wildman–Crippen MR) is 78.0 cm³/mol. The van der Waals surface area contributed by atoms with E-state index in [4.69, 9.17) is 4.52 Å². The molecule has 21 heavy (non-hydrogen) atoms. The average molecular weight is 378 g/mol. The zero-order valence-corrected chi connectivity index (χ0v) is 13.1. The summed E-state index contributed by atoms with van der Waals surface area (Å²) in [5.41, 5.74) is 1.23. The minimum atomic E-state index is -4.63. The molecule has 2 aromatic rings. The molecule has 0 N–H and O–H groups in total. The molecule has 0 fully saturated rings. The van der Waals surface area contributed by atoms with Crippen LogP contribution >= 0.6 is 22.3 Å². The summed E-state index contributed by atoms with van der Waals surface area (Å²) in [5.74, 6) is -1.10. The van der Waals surface area contributed by atoms with Crippen molar-refractivity contribution in [1.82, 2.24) is 9.78 Å². The van der Waals surface area contributed by atoms with E-state index >= 15 is 0 Å². The maximum atomic E-state index is 12.9. The van der Waals surface area contributed by atoms with Gasteiger partial charge >= 0.3 is 12.1 Å². The Morgan fingerprint density at radius 2 is 1.90 bits per heavy atom. The van der Waals surface area contributed by atoms with Gasteiger partial charge in [-0.2, -0.15) is 23.3 Å². The van der Waals surface area contributed by atoms with Crippen LogP contribution in [0.5, 0.6) is 0 Å². The van der Waals surface area contributed by atoms with Gasteiger partial charge in [0, 0.05) is 0 Å². The Hall–Kier alpha value is -1.40. The summed E-state index contributed by atoms with van der Waals surface area (Å²) in [5, 5.41) is 4.84. The molecule has 1 aromatic heterocycles. The molecule has 0 amide bonds. The number of aliphatic imine (C=N–C) groups is 1. The predicted octanol–water partition coefficient (Wildman–Crippen LogP) is 4.14. The second-order valence-electron chi connectivity index (χ2n) is 4.26. The summed E-state index contributed by atoms with van der Waals surface area (Å²) >= 11 is 3.17. The third-order valence-corrected chi connectivity index (χ3v) is 5.50. The first kappa shape index (κ1) is 14.5. The highest BCUT2D eigenvalue weighted by molar-refractivity contribution is 9.39. The Kier molecular flexibility index (Phi) is 3.53. The van der Waals surface area contributed by atoms with Crippen molar-refractivity contribution in [3.8, 4) is 5.69 Å². The van der Waals surface area contributed by atoms with Crippen molar-refractivity contribution in [2.24, 2.45) is 4.99 Å². The second-order valence-corrected chi connectivity index (χ2v) is 7.31. The number of hydrogen-bond donors (Lipinski definition) is 0. The minimum absolute atomic E-state index is 0.153. The van der Waals surface area contributed by atoms with E-state index in [1.54, 1.807) is 31.2 Å². The van der Waals surface area contributed by atoms with Gasteiger partial charge in [0.05, 0.1) is 16.7 Å². The van der Waals surface area contributed by atoms with Crippen LogP contribution in [-0.4, -0.2) is 21.9 Å². The van der Waals surface area contributed by atoms with Crippen molar-refractivity contribution >= 4 is 39.4 Å². The molecule has 110 valence electrons. The van der Waals surface area contributed by atoms with E-state index in [-0.39, 0.29) is 5.82 Å². The zero-order valence-electron chi connectivity index (χ0n) is 10.6. The molecule has 3 rings (SSSR count). The maximum absolute atomic E-state index is 12.9. The van der Waals surface area contributed by atoms with Gasteiger partial charge in [0.15, 0.2) is 12.7 Å². The first-order chi connectivity index (χ1) is 9.88. The van der Waals surface area contributed by atoms with Crippen molar-refractivity contribution in [2.45, 2.75) is 13.1 Å². The van der Waals surface area contributed by atoms with Crippen LogP contribution in [0.25, 0.3) is 5.69 Å². The fraction of sp³-hybridized carbons (Fsp3) is 0.167. The lowest BCUT2D eigenvalue weighted by Gasteiger charge is -2.20. The molecule has 1 unspecified atom stereocenters. The van der Waals surface area contributed by atoms with E-state index in [9.17, 15) is 13.2 Å².